The third-order valence-electron chi connectivity index (χ3n) is 10.4. The molecule has 4 aliphatic heterocycles. The van der Waals surface area contributed by atoms with Crippen LogP contribution in [-0.4, -0.2) is 82.3 Å². The molecule has 8 nitrogen and oxygen atoms in total. The number of fused-ring (bicyclic) bond motifs is 4. The monoisotopic (exact) mass is 640 g/mol. The van der Waals surface area contributed by atoms with Gasteiger partial charge in [-0.25, -0.2) is 13.8 Å². The largest absolute Gasteiger partial charge is 0.475 e. The molecule has 4 atom stereocenters. The van der Waals surface area contributed by atoms with E-state index < -0.39 is 17.5 Å². The van der Waals surface area contributed by atoms with Gasteiger partial charge in [0.25, 0.3) is 0 Å². The summed E-state index contributed by atoms with van der Waals surface area (Å²) in [6.07, 6.45) is 4.69. The number of likely N-dealkylation sites (tertiary alicyclic amines) is 1. The number of carbonyl (C=O) groups excluding carboxylic acids is 1. The van der Waals surface area contributed by atoms with Crippen molar-refractivity contribution in [2.75, 3.05) is 37.7 Å². The highest BCUT2D eigenvalue weighted by molar-refractivity contribution is 6.36. The second-order valence-corrected chi connectivity index (χ2v) is 13.2. The van der Waals surface area contributed by atoms with Gasteiger partial charge in [0.15, 0.2) is 5.82 Å². The molecule has 1 amide bonds. The van der Waals surface area contributed by atoms with Gasteiger partial charge < -0.3 is 14.5 Å². The highest BCUT2D eigenvalue weighted by Gasteiger charge is 2.51. The van der Waals surface area contributed by atoms with Crippen LogP contribution < -0.4 is 9.64 Å². The van der Waals surface area contributed by atoms with Crippen molar-refractivity contribution in [3.63, 3.8) is 0 Å². The summed E-state index contributed by atoms with van der Waals surface area (Å²) in [6.45, 7) is 5.95. The van der Waals surface area contributed by atoms with Gasteiger partial charge in [0.2, 0.25) is 11.8 Å². The van der Waals surface area contributed by atoms with Gasteiger partial charge in [-0.3, -0.25) is 14.7 Å². The van der Waals surface area contributed by atoms with Gasteiger partial charge in [0.1, 0.15) is 35.6 Å². The van der Waals surface area contributed by atoms with E-state index in [1.807, 2.05) is 29.2 Å². The van der Waals surface area contributed by atoms with Gasteiger partial charge in [-0.15, -0.1) is 0 Å². The van der Waals surface area contributed by atoms with E-state index in [1.54, 1.807) is 23.2 Å². The van der Waals surface area contributed by atoms with Crippen molar-refractivity contribution < 1.29 is 18.3 Å². The number of anilines is 1. The number of rotatable bonds is 6. The molecule has 0 bridgehead atoms. The van der Waals surface area contributed by atoms with E-state index in [-0.39, 0.29) is 47.3 Å². The van der Waals surface area contributed by atoms with Crippen LogP contribution in [0.4, 0.5) is 14.5 Å². The van der Waals surface area contributed by atoms with Gasteiger partial charge in [-0.05, 0) is 43.3 Å². The molecule has 0 radical (unpaired) electrons. The molecule has 0 spiro atoms. The minimum atomic E-state index is -0.945. The highest BCUT2D eigenvalue weighted by Crippen LogP contribution is 2.46. The lowest BCUT2D eigenvalue weighted by Gasteiger charge is -2.48. The average Bonchev–Trinajstić information content (AvgIpc) is 3.69. The number of hydrogen-bond acceptors (Lipinski definition) is 7. The summed E-state index contributed by atoms with van der Waals surface area (Å²) in [7, 11) is 0. The van der Waals surface area contributed by atoms with Crippen molar-refractivity contribution in [2.45, 2.75) is 49.5 Å². The summed E-state index contributed by atoms with van der Waals surface area (Å²) in [4.78, 5) is 27.7. The second kappa shape index (κ2) is 10.9. The molecular weight excluding hydrogens is 610 g/mol. The molecule has 4 saturated heterocycles. The van der Waals surface area contributed by atoms with E-state index in [9.17, 15) is 14.4 Å². The maximum absolute atomic E-state index is 16.8. The lowest BCUT2D eigenvalue weighted by atomic mass is 9.93. The maximum Gasteiger partial charge on any atom is 0.246 e. The van der Waals surface area contributed by atoms with Crippen molar-refractivity contribution in [1.82, 2.24) is 19.8 Å². The van der Waals surface area contributed by atoms with E-state index in [4.69, 9.17) is 16.3 Å². The van der Waals surface area contributed by atoms with E-state index >= 15 is 4.39 Å². The van der Waals surface area contributed by atoms with Crippen LogP contribution in [0.15, 0.2) is 55.3 Å². The first-order valence-corrected chi connectivity index (χ1v) is 16.0. The van der Waals surface area contributed by atoms with Crippen molar-refractivity contribution in [2.24, 2.45) is 0 Å². The number of carbonyl (C=O) groups is 1. The van der Waals surface area contributed by atoms with Gasteiger partial charge in [-0.2, -0.15) is 5.26 Å². The number of pyridine rings is 2. The number of ether oxygens (including phenoxy) is 1. The molecule has 8 rings (SSSR count). The molecule has 234 valence electrons. The van der Waals surface area contributed by atoms with Crippen molar-refractivity contribution in [3.05, 3.63) is 71.7 Å². The number of aromatic nitrogens is 2. The van der Waals surface area contributed by atoms with Crippen LogP contribution in [0.3, 0.4) is 0 Å². The number of amides is 1. The summed E-state index contributed by atoms with van der Waals surface area (Å²) in [6, 6.07) is 13.2. The number of nitrogens with zero attached hydrogens (tertiary/aromatic N) is 6. The Balaban J connectivity index is 1.28. The maximum atomic E-state index is 16.8. The fraction of sp³-hybridized carbons (Fsp3) is 0.371. The normalized spacial score (nSPS) is 25.4. The fourth-order valence-corrected chi connectivity index (χ4v) is 8.54. The molecule has 0 unspecified atom stereocenters. The first-order chi connectivity index (χ1) is 22.3. The third kappa shape index (κ3) is 4.28. The standard InChI is InChI=1S/C35H31ClF2N6O2/c1-2-28(45)43-13-10-26-27(43)18-44(26)33-23(15-39)34(46-19-35-11-5-12-42(35)17-21(37)14-35)41-32-24(33)16-40-31(30(32)38)22-8-3-6-20-7-4-9-25(36)29(20)22/h2-4,6-9,16,21,26-27H,1,5,10-14,17-19H2/t21-,26-,27-,35+/m1/s1. The van der Waals surface area contributed by atoms with Crippen LogP contribution in [0, 0.1) is 17.1 Å². The van der Waals surface area contributed by atoms with Crippen LogP contribution in [-0.2, 0) is 4.79 Å². The molecule has 0 saturated carbocycles. The Bertz CT molecular complexity index is 1980. The lowest BCUT2D eigenvalue weighted by Crippen LogP contribution is -2.63. The number of alkyl halides is 1. The summed E-state index contributed by atoms with van der Waals surface area (Å²) in [5.41, 5.74) is 0.815. The Morgan fingerprint density at radius 3 is 2.85 bits per heavy atom. The minimum Gasteiger partial charge on any atom is -0.475 e. The van der Waals surface area contributed by atoms with Gasteiger partial charge in [0, 0.05) is 53.6 Å². The van der Waals surface area contributed by atoms with Crippen LogP contribution in [0.1, 0.15) is 31.2 Å². The van der Waals surface area contributed by atoms with E-state index in [2.05, 4.69) is 27.5 Å². The Labute approximate surface area is 269 Å². The molecule has 0 N–H and O–H groups in total. The molecule has 6 heterocycles. The van der Waals surface area contributed by atoms with Crippen molar-refractivity contribution >= 4 is 44.9 Å². The second-order valence-electron chi connectivity index (χ2n) is 12.8. The summed E-state index contributed by atoms with van der Waals surface area (Å²) in [5, 5.41) is 12.9. The molecule has 4 fully saturated rings. The Morgan fingerprint density at radius 1 is 1.22 bits per heavy atom. The third-order valence-corrected chi connectivity index (χ3v) is 10.7. The number of nitriles is 1. The Hall–Kier alpha value is -4.33. The molecule has 0 aliphatic carbocycles. The molecule has 4 aromatic rings. The zero-order valence-electron chi connectivity index (χ0n) is 25.1. The minimum absolute atomic E-state index is 0.0148. The number of hydrogen-bond donors (Lipinski definition) is 0. The quantitative estimate of drug-likeness (QED) is 0.237. The van der Waals surface area contributed by atoms with Crippen LogP contribution in [0.25, 0.3) is 32.9 Å². The van der Waals surface area contributed by atoms with E-state index in [1.165, 1.54) is 6.08 Å². The number of benzene rings is 2. The van der Waals surface area contributed by atoms with Crippen LogP contribution in [0.5, 0.6) is 5.88 Å². The zero-order valence-corrected chi connectivity index (χ0v) is 25.8. The average molecular weight is 641 g/mol. The molecule has 46 heavy (non-hydrogen) atoms. The van der Waals surface area contributed by atoms with Gasteiger partial charge in [0.05, 0.1) is 23.3 Å². The SMILES string of the molecule is C=CC(=O)N1CC[C@@H]2[C@H]1CN2c1c(C#N)c(OC[C@@]23CCCN2C[C@H](F)C3)nc2c(F)c(-c3cccc4cccc(Cl)c34)ncc12. The number of halogens is 3. The highest BCUT2D eigenvalue weighted by atomic mass is 35.5. The van der Waals surface area contributed by atoms with Gasteiger partial charge >= 0.3 is 0 Å². The molecule has 2 aromatic heterocycles. The molecule has 4 aliphatic rings. The molecule has 11 heteroatoms. The Kier molecular flexibility index (Phi) is 6.89. The Morgan fingerprint density at radius 2 is 2.04 bits per heavy atom. The summed E-state index contributed by atoms with van der Waals surface area (Å²) < 4.78 is 37.7. The van der Waals surface area contributed by atoms with Crippen molar-refractivity contribution in [3.8, 4) is 23.2 Å². The van der Waals surface area contributed by atoms with Crippen LogP contribution >= 0.6 is 11.6 Å². The molecule has 2 aromatic carbocycles. The van der Waals surface area contributed by atoms with Gasteiger partial charge in [-0.1, -0.05) is 48.5 Å². The summed E-state index contributed by atoms with van der Waals surface area (Å²) >= 11 is 6.60. The molecular formula is C35H31ClF2N6O2. The van der Waals surface area contributed by atoms with Crippen LogP contribution in [0.2, 0.25) is 5.02 Å². The first kappa shape index (κ1) is 29.1. The fourth-order valence-electron chi connectivity index (χ4n) is 8.26. The lowest BCUT2D eigenvalue weighted by molar-refractivity contribution is -0.127. The summed E-state index contributed by atoms with van der Waals surface area (Å²) in [5.74, 6) is -0.774. The smallest absolute Gasteiger partial charge is 0.246 e. The van der Waals surface area contributed by atoms with E-state index in [0.717, 1.165) is 24.8 Å². The van der Waals surface area contributed by atoms with Crippen molar-refractivity contribution in [1.29, 1.82) is 5.26 Å². The topological polar surface area (TPSA) is 85.6 Å². The van der Waals surface area contributed by atoms with E-state index in [0.29, 0.717) is 59.5 Å². The zero-order chi connectivity index (χ0) is 31.7. The predicted octanol–water partition coefficient (Wildman–Crippen LogP) is 6.04. The first-order valence-electron chi connectivity index (χ1n) is 15.6. The predicted molar refractivity (Wildman–Crippen MR) is 172 cm³/mol.